The van der Waals surface area contributed by atoms with Crippen LogP contribution in [-0.4, -0.2) is 49.9 Å². The summed E-state index contributed by atoms with van der Waals surface area (Å²) in [5.41, 5.74) is 2.49. The number of amides is 1. The molecule has 3 heterocycles. The summed E-state index contributed by atoms with van der Waals surface area (Å²) in [7, 11) is 3.33. The molecule has 0 N–H and O–H groups in total. The van der Waals surface area contributed by atoms with Gasteiger partial charge < -0.3 is 9.80 Å². The van der Waals surface area contributed by atoms with Crippen LogP contribution in [0.3, 0.4) is 0 Å². The molecule has 0 bridgehead atoms. The molecule has 0 saturated carbocycles. The van der Waals surface area contributed by atoms with Crippen LogP contribution in [0.25, 0.3) is 0 Å². The predicted molar refractivity (Wildman–Crippen MR) is 120 cm³/mol. The summed E-state index contributed by atoms with van der Waals surface area (Å²) in [6.07, 6.45) is 1.64. The van der Waals surface area contributed by atoms with Crippen molar-refractivity contribution in [2.75, 3.05) is 25.0 Å². The lowest BCUT2D eigenvalue weighted by atomic mass is 9.96. The highest BCUT2D eigenvalue weighted by Crippen LogP contribution is 2.24. The zero-order valence-electron chi connectivity index (χ0n) is 19.5. The highest BCUT2D eigenvalue weighted by atomic mass is 16.2. The average Bonchev–Trinajstić information content (AvgIpc) is 3.04. The lowest BCUT2D eigenvalue weighted by Gasteiger charge is -2.36. The van der Waals surface area contributed by atoms with Crippen molar-refractivity contribution in [3.05, 3.63) is 43.9 Å². The van der Waals surface area contributed by atoms with Crippen LogP contribution in [0.15, 0.2) is 15.7 Å². The zero-order chi connectivity index (χ0) is 22.9. The standard InChI is InChI=1S/C22H34N6O3/c1-7-27-19(12-20(29)25(6)22(27)31)26-11-9-10-17(13-26)21(30)24(5)14-18-15(3)23-28(8-2)16(18)4/h12,17H,7-11,13-14H2,1-6H3. The van der Waals surface area contributed by atoms with Gasteiger partial charge in [0.05, 0.1) is 11.6 Å². The van der Waals surface area contributed by atoms with E-state index in [-0.39, 0.29) is 23.1 Å². The monoisotopic (exact) mass is 430 g/mol. The summed E-state index contributed by atoms with van der Waals surface area (Å²) in [4.78, 5) is 41.8. The minimum absolute atomic E-state index is 0.0852. The zero-order valence-corrected chi connectivity index (χ0v) is 19.5. The molecule has 31 heavy (non-hydrogen) atoms. The van der Waals surface area contributed by atoms with Crippen molar-refractivity contribution in [3.8, 4) is 0 Å². The summed E-state index contributed by atoms with van der Waals surface area (Å²) in [6, 6.07) is 1.51. The van der Waals surface area contributed by atoms with Gasteiger partial charge in [-0.05, 0) is 40.5 Å². The lowest BCUT2D eigenvalue weighted by molar-refractivity contribution is -0.135. The normalized spacial score (nSPS) is 16.6. The third-order valence-corrected chi connectivity index (χ3v) is 6.39. The van der Waals surface area contributed by atoms with Crippen LogP contribution < -0.4 is 16.1 Å². The molecule has 1 aliphatic rings. The van der Waals surface area contributed by atoms with E-state index in [1.807, 2.05) is 37.4 Å². The summed E-state index contributed by atoms with van der Waals surface area (Å²) >= 11 is 0. The smallest absolute Gasteiger partial charge is 0.332 e. The van der Waals surface area contributed by atoms with Crippen LogP contribution in [0.1, 0.15) is 43.6 Å². The van der Waals surface area contributed by atoms with Gasteiger partial charge in [0.1, 0.15) is 5.82 Å². The topological polar surface area (TPSA) is 85.4 Å². The number of carbonyl (C=O) groups excluding carboxylic acids is 1. The molecule has 1 atom stereocenters. The number of nitrogens with zero attached hydrogens (tertiary/aromatic N) is 6. The number of anilines is 1. The molecule has 2 aromatic heterocycles. The summed E-state index contributed by atoms with van der Waals surface area (Å²) in [6.45, 7) is 11.0. The molecule has 3 rings (SSSR count). The maximum Gasteiger partial charge on any atom is 0.332 e. The molecule has 1 amide bonds. The maximum absolute atomic E-state index is 13.3. The van der Waals surface area contributed by atoms with Gasteiger partial charge in [0.25, 0.3) is 5.56 Å². The predicted octanol–water partition coefficient (Wildman–Crippen LogP) is 1.28. The van der Waals surface area contributed by atoms with Gasteiger partial charge in [0.15, 0.2) is 0 Å². The van der Waals surface area contributed by atoms with Crippen molar-refractivity contribution in [1.29, 1.82) is 0 Å². The first-order valence-corrected chi connectivity index (χ1v) is 11.0. The number of aromatic nitrogens is 4. The first kappa shape index (κ1) is 22.8. The number of hydrogen-bond donors (Lipinski definition) is 0. The third kappa shape index (κ3) is 4.31. The molecular weight excluding hydrogens is 396 g/mol. The van der Waals surface area contributed by atoms with Crippen molar-refractivity contribution >= 4 is 11.7 Å². The van der Waals surface area contributed by atoms with Gasteiger partial charge in [0, 0.05) is 64.1 Å². The second kappa shape index (κ2) is 9.11. The number of carbonyl (C=O) groups is 1. The fraction of sp³-hybridized carbons (Fsp3) is 0.636. The molecule has 170 valence electrons. The quantitative estimate of drug-likeness (QED) is 0.689. The number of hydrogen-bond acceptors (Lipinski definition) is 5. The van der Waals surface area contributed by atoms with Crippen molar-refractivity contribution in [1.82, 2.24) is 23.8 Å². The van der Waals surface area contributed by atoms with Gasteiger partial charge in [-0.15, -0.1) is 0 Å². The molecule has 1 fully saturated rings. The molecule has 9 heteroatoms. The van der Waals surface area contributed by atoms with Crippen molar-refractivity contribution in [2.24, 2.45) is 13.0 Å². The SMILES string of the molecule is CCn1nc(C)c(CN(C)C(=O)C2CCCN(c3cc(=O)n(C)c(=O)n3CC)C2)c1C. The Morgan fingerprint density at radius 2 is 1.94 bits per heavy atom. The molecule has 0 aromatic carbocycles. The molecular formula is C22H34N6O3. The van der Waals surface area contributed by atoms with Crippen molar-refractivity contribution in [3.63, 3.8) is 0 Å². The first-order valence-electron chi connectivity index (χ1n) is 11.0. The second-order valence-electron chi connectivity index (χ2n) is 8.37. The summed E-state index contributed by atoms with van der Waals surface area (Å²) < 4.78 is 4.68. The van der Waals surface area contributed by atoms with Crippen LogP contribution in [0.2, 0.25) is 0 Å². The lowest BCUT2D eigenvalue weighted by Crippen LogP contribution is -2.47. The van der Waals surface area contributed by atoms with E-state index >= 15 is 0 Å². The summed E-state index contributed by atoms with van der Waals surface area (Å²) in [5.74, 6) is 0.513. The Hall–Kier alpha value is -2.84. The maximum atomic E-state index is 13.3. The molecule has 9 nitrogen and oxygen atoms in total. The Morgan fingerprint density at radius 3 is 2.55 bits per heavy atom. The van der Waals surface area contributed by atoms with E-state index in [0.29, 0.717) is 25.5 Å². The Kier molecular flexibility index (Phi) is 6.71. The Bertz CT molecular complexity index is 1080. The van der Waals surface area contributed by atoms with Gasteiger partial charge in [-0.3, -0.25) is 23.4 Å². The van der Waals surface area contributed by atoms with E-state index in [1.54, 1.807) is 9.47 Å². The number of aryl methyl sites for hydroxylation is 2. The molecule has 2 aromatic rings. The Morgan fingerprint density at radius 1 is 1.23 bits per heavy atom. The largest absolute Gasteiger partial charge is 0.357 e. The highest BCUT2D eigenvalue weighted by molar-refractivity contribution is 5.79. The molecule has 0 aliphatic carbocycles. The minimum atomic E-state index is -0.325. The average molecular weight is 431 g/mol. The van der Waals surface area contributed by atoms with Gasteiger partial charge in [-0.25, -0.2) is 4.79 Å². The van der Waals surface area contributed by atoms with Crippen LogP contribution >= 0.6 is 0 Å². The fourth-order valence-electron chi connectivity index (χ4n) is 4.50. The van der Waals surface area contributed by atoms with Crippen LogP contribution in [0.5, 0.6) is 0 Å². The fourth-order valence-corrected chi connectivity index (χ4v) is 4.50. The first-order chi connectivity index (χ1) is 14.7. The molecule has 1 unspecified atom stereocenters. The molecule has 1 saturated heterocycles. The van der Waals surface area contributed by atoms with E-state index in [1.165, 1.54) is 13.1 Å². The van der Waals surface area contributed by atoms with Gasteiger partial charge in [0.2, 0.25) is 5.91 Å². The molecule has 1 aliphatic heterocycles. The highest BCUT2D eigenvalue weighted by Gasteiger charge is 2.30. The Balaban J connectivity index is 1.79. The van der Waals surface area contributed by atoms with E-state index in [2.05, 4.69) is 12.0 Å². The van der Waals surface area contributed by atoms with Gasteiger partial charge in [-0.1, -0.05) is 0 Å². The van der Waals surface area contributed by atoms with Crippen molar-refractivity contribution in [2.45, 2.75) is 60.2 Å². The Labute approximate surface area is 182 Å². The van der Waals surface area contributed by atoms with Crippen LogP contribution in [0.4, 0.5) is 5.82 Å². The van der Waals surface area contributed by atoms with E-state index in [9.17, 15) is 14.4 Å². The van der Waals surface area contributed by atoms with Crippen LogP contribution in [0, 0.1) is 19.8 Å². The van der Waals surface area contributed by atoms with Gasteiger partial charge in [-0.2, -0.15) is 5.10 Å². The number of piperidine rings is 1. The molecule has 0 radical (unpaired) electrons. The van der Waals surface area contributed by atoms with Crippen LogP contribution in [-0.2, 0) is 31.5 Å². The van der Waals surface area contributed by atoms with E-state index < -0.39 is 0 Å². The van der Waals surface area contributed by atoms with E-state index in [4.69, 9.17) is 0 Å². The van der Waals surface area contributed by atoms with E-state index in [0.717, 1.165) is 47.4 Å². The van der Waals surface area contributed by atoms with Gasteiger partial charge >= 0.3 is 5.69 Å². The summed E-state index contributed by atoms with van der Waals surface area (Å²) in [5, 5.41) is 4.55. The second-order valence-corrected chi connectivity index (χ2v) is 8.37. The minimum Gasteiger partial charge on any atom is -0.357 e. The van der Waals surface area contributed by atoms with Crippen molar-refractivity contribution < 1.29 is 4.79 Å². The number of rotatable bonds is 6. The third-order valence-electron chi connectivity index (χ3n) is 6.39. The molecule has 0 spiro atoms.